The van der Waals surface area contributed by atoms with Gasteiger partial charge in [-0.3, -0.25) is 14.6 Å². The van der Waals surface area contributed by atoms with Crippen molar-refractivity contribution in [1.29, 1.82) is 0 Å². The molecule has 0 saturated heterocycles. The van der Waals surface area contributed by atoms with Gasteiger partial charge < -0.3 is 0 Å². The molecule has 0 amide bonds. The fourth-order valence-electron chi connectivity index (χ4n) is 1.24. The van der Waals surface area contributed by atoms with Gasteiger partial charge in [-0.25, -0.2) is 5.48 Å². The van der Waals surface area contributed by atoms with Crippen LogP contribution in [0, 0.1) is 0 Å². The van der Waals surface area contributed by atoms with Crippen LogP contribution in [-0.4, -0.2) is 29.5 Å². The van der Waals surface area contributed by atoms with Crippen molar-refractivity contribution >= 4 is 24.2 Å². The summed E-state index contributed by atoms with van der Waals surface area (Å²) in [5.41, 5.74) is 2.83. The molecule has 0 radical (unpaired) electrons. The van der Waals surface area contributed by atoms with Gasteiger partial charge >= 0.3 is 0 Å². The van der Waals surface area contributed by atoms with E-state index < -0.39 is 5.60 Å². The predicted molar refractivity (Wildman–Crippen MR) is 80.9 cm³/mol. The van der Waals surface area contributed by atoms with Crippen LogP contribution in [0.5, 0.6) is 0 Å². The molecule has 1 aromatic rings. The van der Waals surface area contributed by atoms with Gasteiger partial charge in [-0.15, -0.1) is 0 Å². The third kappa shape index (κ3) is 5.89. The maximum atomic E-state index is 12.3. The molecule has 0 aliphatic carbocycles. The average molecular weight is 280 g/mol. The van der Waals surface area contributed by atoms with Crippen molar-refractivity contribution in [2.24, 2.45) is 4.99 Å². The van der Waals surface area contributed by atoms with Gasteiger partial charge in [-0.2, -0.15) is 12.6 Å². The van der Waals surface area contributed by atoms with Crippen LogP contribution in [0.3, 0.4) is 0 Å². The van der Waals surface area contributed by atoms with Crippen LogP contribution in [0.25, 0.3) is 0 Å². The highest BCUT2D eigenvalue weighted by Gasteiger charge is 2.17. The summed E-state index contributed by atoms with van der Waals surface area (Å²) in [5, 5.41) is 0. The largest absolute Gasteiger partial charge is 0.285 e. The van der Waals surface area contributed by atoms with E-state index in [1.54, 1.807) is 12.1 Å². The highest BCUT2D eigenvalue weighted by molar-refractivity contribution is 7.80. The molecule has 0 spiro atoms. The lowest BCUT2D eigenvalue weighted by Gasteiger charge is -2.20. The molecule has 5 heteroatoms. The Morgan fingerprint density at radius 3 is 2.47 bits per heavy atom. The van der Waals surface area contributed by atoms with Crippen LogP contribution < -0.4 is 5.48 Å². The fourth-order valence-corrected chi connectivity index (χ4v) is 1.34. The maximum Gasteiger partial charge on any atom is 0.229 e. The SMILES string of the molecule is CC(C)(C)ONC(=NCCS)C(=O)c1ccccc1. The first-order chi connectivity index (χ1) is 8.94. The van der Waals surface area contributed by atoms with E-state index in [0.717, 1.165) is 0 Å². The lowest BCUT2D eigenvalue weighted by molar-refractivity contribution is -0.0423. The molecule has 0 bridgehead atoms. The lowest BCUT2D eigenvalue weighted by atomic mass is 10.1. The number of amidine groups is 1. The molecule has 1 N–H and O–H groups in total. The minimum absolute atomic E-state index is 0.188. The Balaban J connectivity index is 2.83. The maximum absolute atomic E-state index is 12.3. The molecule has 0 saturated carbocycles. The molecule has 0 heterocycles. The van der Waals surface area contributed by atoms with E-state index in [2.05, 4.69) is 23.1 Å². The zero-order valence-corrected chi connectivity index (χ0v) is 12.4. The fraction of sp³-hybridized carbons (Fsp3) is 0.429. The van der Waals surface area contributed by atoms with Gasteiger partial charge in [0.05, 0.1) is 12.1 Å². The molecular weight excluding hydrogens is 260 g/mol. The second-order valence-electron chi connectivity index (χ2n) is 4.97. The Hall–Kier alpha value is -1.33. The first-order valence-electron chi connectivity index (χ1n) is 6.13. The smallest absolute Gasteiger partial charge is 0.229 e. The van der Waals surface area contributed by atoms with E-state index >= 15 is 0 Å². The average Bonchev–Trinajstić information content (AvgIpc) is 2.38. The molecule has 0 aliphatic heterocycles. The molecule has 104 valence electrons. The monoisotopic (exact) mass is 280 g/mol. The molecule has 1 aromatic carbocycles. The Bertz CT molecular complexity index is 439. The molecule has 1 rings (SSSR count). The first-order valence-corrected chi connectivity index (χ1v) is 6.76. The van der Waals surface area contributed by atoms with Crippen LogP contribution in [0.2, 0.25) is 0 Å². The number of carbonyl (C=O) groups is 1. The highest BCUT2D eigenvalue weighted by Crippen LogP contribution is 2.06. The number of thiol groups is 1. The summed E-state index contributed by atoms with van der Waals surface area (Å²) in [6.07, 6.45) is 0. The van der Waals surface area contributed by atoms with E-state index in [1.807, 2.05) is 39.0 Å². The van der Waals surface area contributed by atoms with Crippen LogP contribution in [0.4, 0.5) is 0 Å². The van der Waals surface area contributed by atoms with Crippen LogP contribution in [-0.2, 0) is 4.84 Å². The Kier molecular flexibility index (Phi) is 6.05. The van der Waals surface area contributed by atoms with Crippen LogP contribution in [0.1, 0.15) is 31.1 Å². The number of carbonyl (C=O) groups excluding carboxylic acids is 1. The number of nitrogens with zero attached hydrogens (tertiary/aromatic N) is 1. The Morgan fingerprint density at radius 2 is 1.95 bits per heavy atom. The summed E-state index contributed by atoms with van der Waals surface area (Å²) in [4.78, 5) is 21.9. The molecule has 0 aliphatic rings. The van der Waals surface area contributed by atoms with Gasteiger partial charge in [0.15, 0.2) is 5.84 Å². The van der Waals surface area contributed by atoms with Crippen LogP contribution in [0.15, 0.2) is 35.3 Å². The van der Waals surface area contributed by atoms with Gasteiger partial charge in [-0.1, -0.05) is 30.3 Å². The highest BCUT2D eigenvalue weighted by atomic mass is 32.1. The van der Waals surface area contributed by atoms with Gasteiger partial charge in [-0.05, 0) is 20.8 Å². The molecule has 4 nitrogen and oxygen atoms in total. The summed E-state index contributed by atoms with van der Waals surface area (Å²) in [5.74, 6) is 0.588. The Morgan fingerprint density at radius 1 is 1.32 bits per heavy atom. The summed E-state index contributed by atoms with van der Waals surface area (Å²) in [6.45, 7) is 6.13. The van der Waals surface area contributed by atoms with E-state index in [0.29, 0.717) is 17.9 Å². The number of ketones is 1. The van der Waals surface area contributed by atoms with E-state index in [-0.39, 0.29) is 11.6 Å². The van der Waals surface area contributed by atoms with Crippen molar-refractivity contribution in [1.82, 2.24) is 5.48 Å². The van der Waals surface area contributed by atoms with Crippen molar-refractivity contribution < 1.29 is 9.63 Å². The number of hydroxylamine groups is 1. The van der Waals surface area contributed by atoms with E-state index in [4.69, 9.17) is 4.84 Å². The zero-order valence-electron chi connectivity index (χ0n) is 11.5. The topological polar surface area (TPSA) is 50.7 Å². The molecule has 19 heavy (non-hydrogen) atoms. The van der Waals surface area contributed by atoms with Crippen molar-refractivity contribution in [2.45, 2.75) is 26.4 Å². The molecule has 0 fully saturated rings. The number of nitrogens with one attached hydrogen (secondary N) is 1. The normalized spacial score (nSPS) is 12.3. The van der Waals surface area contributed by atoms with E-state index in [1.165, 1.54) is 0 Å². The number of hydrogen-bond donors (Lipinski definition) is 2. The van der Waals surface area contributed by atoms with Gasteiger partial charge in [0.25, 0.3) is 0 Å². The molecule has 0 unspecified atom stereocenters. The van der Waals surface area contributed by atoms with Crippen molar-refractivity contribution in [3.63, 3.8) is 0 Å². The summed E-state index contributed by atoms with van der Waals surface area (Å²) < 4.78 is 0. The van der Waals surface area contributed by atoms with Crippen molar-refractivity contribution in [3.05, 3.63) is 35.9 Å². The second-order valence-corrected chi connectivity index (χ2v) is 5.41. The quantitative estimate of drug-likeness (QED) is 0.286. The summed E-state index contributed by atoms with van der Waals surface area (Å²) in [7, 11) is 0. The molecule has 0 aromatic heterocycles. The number of Topliss-reactive ketones (excluding diaryl/α,β-unsaturated/α-hetero) is 1. The second kappa shape index (κ2) is 7.31. The van der Waals surface area contributed by atoms with Crippen molar-refractivity contribution in [3.8, 4) is 0 Å². The lowest BCUT2D eigenvalue weighted by Crippen LogP contribution is -2.38. The molecular formula is C14H20N2O2S. The Labute approximate surface area is 119 Å². The number of hydrogen-bond acceptors (Lipinski definition) is 4. The summed E-state index contributed by atoms with van der Waals surface area (Å²) >= 11 is 4.09. The number of aliphatic imine (C=N–C) groups is 1. The van der Waals surface area contributed by atoms with Gasteiger partial charge in [0.2, 0.25) is 5.78 Å². The van der Waals surface area contributed by atoms with Crippen molar-refractivity contribution in [2.75, 3.05) is 12.3 Å². The minimum atomic E-state index is -0.404. The zero-order chi connectivity index (χ0) is 14.3. The summed E-state index contributed by atoms with van der Waals surface area (Å²) in [6, 6.07) is 8.98. The minimum Gasteiger partial charge on any atom is -0.285 e. The standard InChI is InChI=1S/C14H20N2O2S/c1-14(2,3)18-16-13(15-9-10-19)12(17)11-7-5-4-6-8-11/h4-8,19H,9-10H2,1-3H3,(H,15,16). The molecule has 0 atom stereocenters. The first kappa shape index (κ1) is 15.7. The predicted octanol–water partition coefficient (Wildman–Crippen LogP) is 2.52. The number of benzene rings is 1. The third-order valence-electron chi connectivity index (χ3n) is 2.07. The van der Waals surface area contributed by atoms with Gasteiger partial charge in [0, 0.05) is 11.3 Å². The van der Waals surface area contributed by atoms with E-state index in [9.17, 15) is 4.79 Å². The third-order valence-corrected chi connectivity index (χ3v) is 2.27. The van der Waals surface area contributed by atoms with Crippen LogP contribution >= 0.6 is 12.6 Å². The van der Waals surface area contributed by atoms with Gasteiger partial charge in [0.1, 0.15) is 0 Å². The number of rotatable bonds is 5.